The van der Waals surface area contributed by atoms with Gasteiger partial charge in [0.25, 0.3) is 0 Å². The Labute approximate surface area is 180 Å². The Hall–Kier alpha value is -0.790. The summed E-state index contributed by atoms with van der Waals surface area (Å²) < 4.78 is 4.89. The molecule has 0 aromatic rings. The minimum Gasteiger partial charge on any atom is -0.469 e. The van der Waals surface area contributed by atoms with E-state index in [4.69, 9.17) is 4.74 Å². The van der Waals surface area contributed by atoms with Gasteiger partial charge in [-0.1, -0.05) is 33.6 Å². The van der Waals surface area contributed by atoms with Gasteiger partial charge >= 0.3 is 5.97 Å². The molecule has 7 unspecified atom stereocenters. The molecule has 0 saturated heterocycles. The molecule has 29 heavy (non-hydrogen) atoms. The van der Waals surface area contributed by atoms with Crippen LogP contribution in [0.4, 0.5) is 0 Å². The van der Waals surface area contributed by atoms with Gasteiger partial charge in [0.1, 0.15) is 0 Å². The van der Waals surface area contributed by atoms with Crippen molar-refractivity contribution in [2.75, 3.05) is 7.11 Å². The van der Waals surface area contributed by atoms with Crippen LogP contribution in [0.2, 0.25) is 0 Å². The molecule has 4 aliphatic rings. The maximum atomic E-state index is 11.6. The van der Waals surface area contributed by atoms with E-state index in [1.807, 2.05) is 0 Å². The number of hydrogen-bond donors (Lipinski definition) is 0. The molecular formula is C27H46O2. The third-order valence-electron chi connectivity index (χ3n) is 10.4. The van der Waals surface area contributed by atoms with Gasteiger partial charge in [-0.3, -0.25) is 4.79 Å². The highest BCUT2D eigenvalue weighted by molar-refractivity contribution is 5.69. The summed E-state index contributed by atoms with van der Waals surface area (Å²) in [6, 6.07) is 0. The minimum absolute atomic E-state index is 0.0335. The predicted molar refractivity (Wildman–Crippen MR) is 122 cm³/mol. The lowest BCUT2D eigenvalue weighted by Crippen LogP contribution is -2.53. The Bertz CT molecular complexity index is 571. The summed E-state index contributed by atoms with van der Waals surface area (Å²) in [5.74, 6) is 5.38. The quantitative estimate of drug-likeness (QED) is 0.361. The standard InChI is InChI=1S/C25H42O2.C2H4/c1-17(8-13-23(26)27-4)20-11-12-21-19-10-9-18-7-5-6-15-24(18,2)22(19)14-16-25(20,21)3;1-2/h17-22H,5-16H2,1-4H3;1-2H2/t17-,18?,19?,20?,21?,22?,24?,25?;/m1./s1. The Morgan fingerprint density at radius 1 is 0.966 bits per heavy atom. The third-order valence-corrected chi connectivity index (χ3v) is 10.4. The van der Waals surface area contributed by atoms with E-state index >= 15 is 0 Å². The zero-order valence-electron chi connectivity index (χ0n) is 19.7. The van der Waals surface area contributed by atoms with Crippen LogP contribution in [0.25, 0.3) is 0 Å². The molecular weight excluding hydrogens is 356 g/mol. The highest BCUT2D eigenvalue weighted by Crippen LogP contribution is 2.68. The zero-order valence-corrected chi connectivity index (χ0v) is 19.7. The van der Waals surface area contributed by atoms with Gasteiger partial charge in [0.2, 0.25) is 0 Å². The van der Waals surface area contributed by atoms with Gasteiger partial charge in [0.05, 0.1) is 7.11 Å². The molecule has 0 heterocycles. The van der Waals surface area contributed by atoms with Crippen molar-refractivity contribution in [3.05, 3.63) is 13.2 Å². The van der Waals surface area contributed by atoms with Gasteiger partial charge in [-0.25, -0.2) is 0 Å². The first-order valence-corrected chi connectivity index (χ1v) is 12.5. The fraction of sp³-hybridized carbons (Fsp3) is 0.889. The summed E-state index contributed by atoms with van der Waals surface area (Å²) >= 11 is 0. The van der Waals surface area contributed by atoms with Gasteiger partial charge in [0, 0.05) is 6.42 Å². The molecule has 166 valence electrons. The van der Waals surface area contributed by atoms with Crippen molar-refractivity contribution >= 4 is 5.97 Å². The van der Waals surface area contributed by atoms with Crippen LogP contribution in [-0.4, -0.2) is 13.1 Å². The van der Waals surface area contributed by atoms with Crippen LogP contribution in [0.1, 0.15) is 97.8 Å². The van der Waals surface area contributed by atoms with Crippen molar-refractivity contribution in [1.29, 1.82) is 0 Å². The Kier molecular flexibility index (Phi) is 7.22. The predicted octanol–water partition coefficient (Wildman–Crippen LogP) is 7.43. The fourth-order valence-electron chi connectivity index (χ4n) is 8.92. The monoisotopic (exact) mass is 402 g/mol. The number of hydrogen-bond acceptors (Lipinski definition) is 2. The smallest absolute Gasteiger partial charge is 0.305 e. The number of ether oxygens (including phenoxy) is 1. The SMILES string of the molecule is C=C.COC(=O)CC[C@@H](C)C1CCC2C3CCC4CCCCC4(C)C3CCC21C. The number of esters is 1. The lowest BCUT2D eigenvalue weighted by molar-refractivity contribution is -0.141. The maximum Gasteiger partial charge on any atom is 0.305 e. The molecule has 0 N–H and O–H groups in total. The summed E-state index contributed by atoms with van der Waals surface area (Å²) in [7, 11) is 1.52. The van der Waals surface area contributed by atoms with Gasteiger partial charge < -0.3 is 4.74 Å². The number of rotatable bonds is 4. The summed E-state index contributed by atoms with van der Waals surface area (Å²) in [5, 5.41) is 0. The first-order chi connectivity index (χ1) is 13.9. The van der Waals surface area contributed by atoms with Crippen molar-refractivity contribution in [1.82, 2.24) is 0 Å². The average molecular weight is 403 g/mol. The number of carbonyl (C=O) groups excluding carboxylic acids is 1. The minimum atomic E-state index is -0.0335. The Balaban J connectivity index is 0.00000117. The van der Waals surface area contributed by atoms with Crippen LogP contribution < -0.4 is 0 Å². The maximum absolute atomic E-state index is 11.6. The Morgan fingerprint density at radius 2 is 1.69 bits per heavy atom. The normalized spacial score (nSPS) is 44.3. The second kappa shape index (κ2) is 9.15. The average Bonchev–Trinajstić information content (AvgIpc) is 3.10. The van der Waals surface area contributed by atoms with Crippen LogP contribution in [0.15, 0.2) is 13.2 Å². The van der Waals surface area contributed by atoms with E-state index in [1.165, 1.54) is 71.3 Å². The third kappa shape index (κ3) is 3.94. The Morgan fingerprint density at radius 3 is 2.41 bits per heavy atom. The second-order valence-corrected chi connectivity index (χ2v) is 11.2. The molecule has 0 spiro atoms. The molecule has 2 heteroatoms. The summed E-state index contributed by atoms with van der Waals surface area (Å²) in [6.45, 7) is 13.7. The van der Waals surface area contributed by atoms with Crippen molar-refractivity contribution < 1.29 is 9.53 Å². The van der Waals surface area contributed by atoms with E-state index in [0.717, 1.165) is 36.0 Å². The first-order valence-electron chi connectivity index (χ1n) is 12.5. The molecule has 8 atom stereocenters. The lowest BCUT2D eigenvalue weighted by atomic mass is 9.44. The second-order valence-electron chi connectivity index (χ2n) is 11.2. The van der Waals surface area contributed by atoms with Crippen LogP contribution in [0, 0.1) is 46.3 Å². The van der Waals surface area contributed by atoms with Gasteiger partial charge in [0.15, 0.2) is 0 Å². The number of methoxy groups -OCH3 is 1. The molecule has 0 amide bonds. The van der Waals surface area contributed by atoms with E-state index in [1.54, 1.807) is 0 Å². The summed E-state index contributed by atoms with van der Waals surface area (Å²) in [5.41, 5.74) is 1.17. The van der Waals surface area contributed by atoms with Crippen LogP contribution in [-0.2, 0) is 9.53 Å². The fourth-order valence-corrected chi connectivity index (χ4v) is 8.92. The van der Waals surface area contributed by atoms with Crippen molar-refractivity contribution in [3.8, 4) is 0 Å². The molecule has 4 fully saturated rings. The highest BCUT2D eigenvalue weighted by atomic mass is 16.5. The molecule has 4 rings (SSSR count). The first kappa shape index (κ1) is 22.9. The molecule has 4 saturated carbocycles. The van der Waals surface area contributed by atoms with E-state index in [9.17, 15) is 4.79 Å². The lowest BCUT2D eigenvalue weighted by Gasteiger charge is -2.61. The van der Waals surface area contributed by atoms with Crippen LogP contribution in [0.5, 0.6) is 0 Å². The van der Waals surface area contributed by atoms with Gasteiger partial charge in [-0.05, 0) is 104 Å². The van der Waals surface area contributed by atoms with E-state index in [0.29, 0.717) is 23.2 Å². The molecule has 4 aliphatic carbocycles. The molecule has 0 radical (unpaired) electrons. The number of fused-ring (bicyclic) bond motifs is 5. The molecule has 0 bridgehead atoms. The summed E-state index contributed by atoms with van der Waals surface area (Å²) in [6.07, 6.45) is 16.4. The van der Waals surface area contributed by atoms with E-state index in [2.05, 4.69) is 33.9 Å². The molecule has 2 nitrogen and oxygen atoms in total. The van der Waals surface area contributed by atoms with Gasteiger partial charge in [-0.2, -0.15) is 0 Å². The van der Waals surface area contributed by atoms with Crippen molar-refractivity contribution in [2.45, 2.75) is 97.8 Å². The topological polar surface area (TPSA) is 26.3 Å². The summed E-state index contributed by atoms with van der Waals surface area (Å²) in [4.78, 5) is 11.6. The molecule has 0 aliphatic heterocycles. The highest BCUT2D eigenvalue weighted by Gasteiger charge is 2.60. The largest absolute Gasteiger partial charge is 0.469 e. The van der Waals surface area contributed by atoms with E-state index < -0.39 is 0 Å². The van der Waals surface area contributed by atoms with Gasteiger partial charge in [-0.15, -0.1) is 13.2 Å². The number of carbonyl (C=O) groups is 1. The van der Waals surface area contributed by atoms with Crippen molar-refractivity contribution in [2.24, 2.45) is 46.3 Å². The zero-order chi connectivity index (χ0) is 21.2. The van der Waals surface area contributed by atoms with Crippen molar-refractivity contribution in [3.63, 3.8) is 0 Å². The van der Waals surface area contributed by atoms with E-state index in [-0.39, 0.29) is 5.97 Å². The van der Waals surface area contributed by atoms with Crippen LogP contribution >= 0.6 is 0 Å². The molecule has 0 aromatic carbocycles. The molecule has 0 aromatic heterocycles. The van der Waals surface area contributed by atoms with Crippen LogP contribution in [0.3, 0.4) is 0 Å².